The smallest absolute Gasteiger partial charge is 0.422 e. The van der Waals surface area contributed by atoms with E-state index in [1.54, 1.807) is 45.5 Å². The van der Waals surface area contributed by atoms with Gasteiger partial charge in [0.05, 0.1) is 14.2 Å². The third kappa shape index (κ3) is 8.26. The topological polar surface area (TPSA) is 64.1 Å². The molecule has 0 fully saturated rings. The standard InChI is InChI=1S/C19H22F3N3O3.HI/c1-23-18(25-14-6-9-16(26-2)17(10-14)27-3)24-11-13-4-7-15(8-5-13)28-12-19(20,21)22;/h4-10H,11-12H2,1-3H3,(H2,23,24,25);1H. The Morgan fingerprint density at radius 2 is 1.66 bits per heavy atom. The first-order valence-electron chi connectivity index (χ1n) is 8.33. The van der Waals surface area contributed by atoms with Crippen LogP contribution in [0.3, 0.4) is 0 Å². The van der Waals surface area contributed by atoms with Crippen LogP contribution in [0.25, 0.3) is 0 Å². The minimum Gasteiger partial charge on any atom is -0.493 e. The van der Waals surface area contributed by atoms with Crippen molar-refractivity contribution in [3.8, 4) is 17.2 Å². The number of nitrogens with zero attached hydrogens (tertiary/aromatic N) is 1. The number of benzene rings is 2. The van der Waals surface area contributed by atoms with E-state index in [1.165, 1.54) is 12.1 Å². The Labute approximate surface area is 184 Å². The van der Waals surface area contributed by atoms with E-state index in [9.17, 15) is 13.2 Å². The molecule has 0 aliphatic heterocycles. The van der Waals surface area contributed by atoms with Crippen LogP contribution in [0, 0.1) is 0 Å². The third-order valence-corrected chi connectivity index (χ3v) is 3.66. The molecule has 0 atom stereocenters. The molecule has 0 aromatic heterocycles. The highest BCUT2D eigenvalue weighted by atomic mass is 127. The molecule has 160 valence electrons. The van der Waals surface area contributed by atoms with Crippen molar-refractivity contribution >= 4 is 35.6 Å². The quantitative estimate of drug-likeness (QED) is 0.318. The molecule has 0 spiro atoms. The molecule has 0 radical (unpaired) electrons. The zero-order valence-corrected chi connectivity index (χ0v) is 18.5. The van der Waals surface area contributed by atoms with E-state index in [0.29, 0.717) is 24.0 Å². The van der Waals surface area contributed by atoms with Crippen molar-refractivity contribution in [1.82, 2.24) is 5.32 Å². The normalized spacial score (nSPS) is 11.3. The van der Waals surface area contributed by atoms with Gasteiger partial charge in [0.2, 0.25) is 0 Å². The zero-order valence-electron chi connectivity index (χ0n) is 16.2. The maximum atomic E-state index is 12.2. The highest BCUT2D eigenvalue weighted by Gasteiger charge is 2.28. The highest BCUT2D eigenvalue weighted by molar-refractivity contribution is 14.0. The minimum atomic E-state index is -4.36. The van der Waals surface area contributed by atoms with Gasteiger partial charge >= 0.3 is 6.18 Å². The SMILES string of the molecule is CN=C(NCc1ccc(OCC(F)(F)F)cc1)Nc1ccc(OC)c(OC)c1.I. The van der Waals surface area contributed by atoms with E-state index in [2.05, 4.69) is 20.4 Å². The summed E-state index contributed by atoms with van der Waals surface area (Å²) in [5.41, 5.74) is 1.61. The third-order valence-electron chi connectivity index (χ3n) is 3.66. The number of alkyl halides is 3. The van der Waals surface area contributed by atoms with Gasteiger partial charge < -0.3 is 24.8 Å². The van der Waals surface area contributed by atoms with Crippen LogP contribution in [0.15, 0.2) is 47.5 Å². The fourth-order valence-corrected chi connectivity index (χ4v) is 2.28. The first-order valence-corrected chi connectivity index (χ1v) is 8.33. The lowest BCUT2D eigenvalue weighted by molar-refractivity contribution is -0.153. The Hall–Kier alpha value is -2.37. The van der Waals surface area contributed by atoms with Gasteiger partial charge in [-0.2, -0.15) is 13.2 Å². The van der Waals surface area contributed by atoms with Crippen molar-refractivity contribution in [2.24, 2.45) is 4.99 Å². The number of methoxy groups -OCH3 is 2. The van der Waals surface area contributed by atoms with Crippen LogP contribution in [0.4, 0.5) is 18.9 Å². The van der Waals surface area contributed by atoms with Gasteiger partial charge in [-0.25, -0.2) is 0 Å². The van der Waals surface area contributed by atoms with Crippen LogP contribution < -0.4 is 24.8 Å². The molecule has 2 N–H and O–H groups in total. The van der Waals surface area contributed by atoms with Crippen molar-refractivity contribution < 1.29 is 27.4 Å². The summed E-state index contributed by atoms with van der Waals surface area (Å²) in [6.07, 6.45) is -4.36. The largest absolute Gasteiger partial charge is 0.493 e. The number of guanidine groups is 1. The predicted octanol–water partition coefficient (Wildman–Crippen LogP) is 4.45. The number of rotatable bonds is 7. The van der Waals surface area contributed by atoms with Crippen LogP contribution in [0.1, 0.15) is 5.56 Å². The highest BCUT2D eigenvalue weighted by Crippen LogP contribution is 2.29. The minimum absolute atomic E-state index is 0. The number of halogens is 4. The lowest BCUT2D eigenvalue weighted by Crippen LogP contribution is -2.30. The molecule has 0 saturated carbocycles. The number of anilines is 1. The zero-order chi connectivity index (χ0) is 20.6. The van der Waals surface area contributed by atoms with Crippen LogP contribution in [0.5, 0.6) is 17.2 Å². The number of nitrogens with one attached hydrogen (secondary N) is 2. The molecule has 0 unspecified atom stereocenters. The number of ether oxygens (including phenoxy) is 3. The van der Waals surface area contributed by atoms with Crippen molar-refractivity contribution in [3.63, 3.8) is 0 Å². The predicted molar refractivity (Wildman–Crippen MR) is 117 cm³/mol. The van der Waals surface area contributed by atoms with Crippen molar-refractivity contribution in [2.45, 2.75) is 12.7 Å². The van der Waals surface area contributed by atoms with Gasteiger partial charge in [-0.3, -0.25) is 4.99 Å². The second kappa shape index (κ2) is 11.6. The van der Waals surface area contributed by atoms with Gasteiger partial charge in [-0.1, -0.05) is 12.1 Å². The summed E-state index contributed by atoms with van der Waals surface area (Å²) in [5, 5.41) is 6.25. The molecule has 6 nitrogen and oxygen atoms in total. The lowest BCUT2D eigenvalue weighted by Gasteiger charge is -2.14. The fourth-order valence-electron chi connectivity index (χ4n) is 2.28. The summed E-state index contributed by atoms with van der Waals surface area (Å²) in [4.78, 5) is 4.14. The maximum Gasteiger partial charge on any atom is 0.422 e. The molecule has 10 heteroatoms. The molecule has 0 aliphatic carbocycles. The Balaban J connectivity index is 0.00000420. The monoisotopic (exact) mass is 525 g/mol. The van der Waals surface area contributed by atoms with Crippen molar-refractivity contribution in [1.29, 1.82) is 0 Å². The van der Waals surface area contributed by atoms with E-state index >= 15 is 0 Å². The van der Waals surface area contributed by atoms with E-state index < -0.39 is 12.8 Å². The summed E-state index contributed by atoms with van der Waals surface area (Å²) in [7, 11) is 4.74. The Morgan fingerprint density at radius 1 is 1.00 bits per heavy atom. The summed E-state index contributed by atoms with van der Waals surface area (Å²) in [6.45, 7) is -0.890. The fraction of sp³-hybridized carbons (Fsp3) is 0.316. The molecule has 29 heavy (non-hydrogen) atoms. The second-order valence-electron chi connectivity index (χ2n) is 5.67. The van der Waals surface area contributed by atoms with E-state index in [1.807, 2.05) is 6.07 Å². The first kappa shape index (κ1) is 24.7. The molecule has 2 rings (SSSR count). The van der Waals surface area contributed by atoms with Gasteiger partial charge in [-0.15, -0.1) is 24.0 Å². The van der Waals surface area contributed by atoms with E-state index in [0.717, 1.165) is 11.3 Å². The van der Waals surface area contributed by atoms with Crippen LogP contribution >= 0.6 is 24.0 Å². The summed E-state index contributed by atoms with van der Waals surface area (Å²) in [5.74, 6) is 1.87. The molecule has 0 heterocycles. The van der Waals surface area contributed by atoms with Gasteiger partial charge in [0.1, 0.15) is 5.75 Å². The van der Waals surface area contributed by atoms with Crippen LogP contribution in [-0.2, 0) is 6.54 Å². The average Bonchev–Trinajstić information content (AvgIpc) is 2.69. The molecule has 2 aromatic carbocycles. The number of hydrogen-bond acceptors (Lipinski definition) is 4. The molecule has 0 aliphatic rings. The van der Waals surface area contributed by atoms with E-state index in [-0.39, 0.29) is 29.7 Å². The molecule has 0 amide bonds. The Kier molecular flexibility index (Phi) is 9.86. The molecular formula is C19H23F3IN3O3. The van der Waals surface area contributed by atoms with Crippen molar-refractivity contribution in [3.05, 3.63) is 48.0 Å². The molecule has 0 bridgehead atoms. The Bertz CT molecular complexity index is 800. The van der Waals surface area contributed by atoms with Crippen LogP contribution in [-0.4, -0.2) is 40.0 Å². The number of hydrogen-bond donors (Lipinski definition) is 2. The summed E-state index contributed by atoms with van der Waals surface area (Å²) in [6, 6.07) is 11.7. The first-order chi connectivity index (χ1) is 13.3. The number of aliphatic imine (C=N–C) groups is 1. The van der Waals surface area contributed by atoms with Crippen molar-refractivity contribution in [2.75, 3.05) is 33.2 Å². The van der Waals surface area contributed by atoms with Crippen LogP contribution in [0.2, 0.25) is 0 Å². The summed E-state index contributed by atoms with van der Waals surface area (Å²) >= 11 is 0. The second-order valence-corrected chi connectivity index (χ2v) is 5.67. The average molecular weight is 525 g/mol. The lowest BCUT2D eigenvalue weighted by atomic mass is 10.2. The maximum absolute atomic E-state index is 12.2. The van der Waals surface area contributed by atoms with Gasteiger partial charge in [0.15, 0.2) is 24.1 Å². The van der Waals surface area contributed by atoms with Gasteiger partial charge in [0.25, 0.3) is 0 Å². The molecule has 2 aromatic rings. The molecule has 0 saturated heterocycles. The van der Waals surface area contributed by atoms with E-state index in [4.69, 9.17) is 9.47 Å². The summed E-state index contributed by atoms with van der Waals surface area (Å²) < 4.78 is 51.7. The van der Waals surface area contributed by atoms with Gasteiger partial charge in [0, 0.05) is 25.3 Å². The van der Waals surface area contributed by atoms with Gasteiger partial charge in [-0.05, 0) is 29.8 Å². The Morgan fingerprint density at radius 3 is 2.21 bits per heavy atom. The molecular weight excluding hydrogens is 502 g/mol.